The van der Waals surface area contributed by atoms with E-state index in [4.69, 9.17) is 0 Å². The number of hydrogen-bond donors (Lipinski definition) is 1. The lowest BCUT2D eigenvalue weighted by molar-refractivity contribution is 0.0950. The molecule has 3 nitrogen and oxygen atoms in total. The number of amides is 1. The number of hydrogen-bond acceptors (Lipinski definition) is 1. The van der Waals surface area contributed by atoms with Crippen molar-refractivity contribution in [3.8, 4) is 0 Å². The molecule has 3 heteroatoms. The molecule has 0 atom stereocenters. The van der Waals surface area contributed by atoms with Crippen molar-refractivity contribution in [2.75, 3.05) is 0 Å². The Morgan fingerprint density at radius 2 is 1.95 bits per heavy atom. The van der Waals surface area contributed by atoms with Gasteiger partial charge in [0.05, 0.1) is 5.56 Å². The maximum Gasteiger partial charge on any atom is 0.253 e. The van der Waals surface area contributed by atoms with Gasteiger partial charge in [-0.05, 0) is 50.8 Å². The summed E-state index contributed by atoms with van der Waals surface area (Å²) in [5.41, 5.74) is 5.48. The minimum atomic E-state index is 0.0262. The van der Waals surface area contributed by atoms with Gasteiger partial charge in [-0.15, -0.1) is 0 Å². The number of rotatable bonds is 4. The molecule has 0 unspecified atom stereocenters. The average molecular weight is 282 g/mol. The second kappa shape index (κ2) is 5.40. The molecule has 110 valence electrons. The van der Waals surface area contributed by atoms with Crippen LogP contribution in [0.3, 0.4) is 0 Å². The van der Waals surface area contributed by atoms with E-state index in [-0.39, 0.29) is 5.91 Å². The van der Waals surface area contributed by atoms with Gasteiger partial charge in [-0.1, -0.05) is 24.3 Å². The smallest absolute Gasteiger partial charge is 0.253 e. The third kappa shape index (κ3) is 2.73. The van der Waals surface area contributed by atoms with Crippen molar-refractivity contribution in [3.05, 3.63) is 58.4 Å². The monoisotopic (exact) mass is 282 g/mol. The summed E-state index contributed by atoms with van der Waals surface area (Å²) < 4.78 is 2.31. The van der Waals surface area contributed by atoms with E-state index in [0.717, 1.165) is 11.3 Å². The molecule has 1 aromatic carbocycles. The molecule has 21 heavy (non-hydrogen) atoms. The standard InChI is InChI=1S/C18H22N2O/c1-12-6-4-5-7-15(12)11-19-18(21)17-10-13(2)20(14(17)3)16-8-9-16/h4-7,10,16H,8-9,11H2,1-3H3,(H,19,21). The SMILES string of the molecule is Cc1ccccc1CNC(=O)c1cc(C)n(C2CC2)c1C. The molecular weight excluding hydrogens is 260 g/mol. The van der Waals surface area contributed by atoms with E-state index < -0.39 is 0 Å². The first-order chi connectivity index (χ1) is 10.1. The lowest BCUT2D eigenvalue weighted by Crippen LogP contribution is -2.23. The molecule has 3 rings (SSSR count). The van der Waals surface area contributed by atoms with Crippen LogP contribution >= 0.6 is 0 Å². The first-order valence-corrected chi connectivity index (χ1v) is 7.59. The van der Waals surface area contributed by atoms with Gasteiger partial charge in [0.1, 0.15) is 0 Å². The van der Waals surface area contributed by atoms with E-state index >= 15 is 0 Å². The molecule has 0 aliphatic heterocycles. The summed E-state index contributed by atoms with van der Waals surface area (Å²) in [6.45, 7) is 6.79. The van der Waals surface area contributed by atoms with E-state index in [0.29, 0.717) is 12.6 Å². The van der Waals surface area contributed by atoms with Crippen molar-refractivity contribution in [2.45, 2.75) is 46.2 Å². The number of benzene rings is 1. The van der Waals surface area contributed by atoms with Crippen LogP contribution in [-0.2, 0) is 6.54 Å². The van der Waals surface area contributed by atoms with E-state index in [9.17, 15) is 4.79 Å². The number of nitrogens with one attached hydrogen (secondary N) is 1. The van der Waals surface area contributed by atoms with Crippen LogP contribution in [0, 0.1) is 20.8 Å². The van der Waals surface area contributed by atoms with Crippen LogP contribution < -0.4 is 5.32 Å². The van der Waals surface area contributed by atoms with E-state index in [1.54, 1.807) is 0 Å². The maximum absolute atomic E-state index is 12.4. The molecule has 1 aliphatic carbocycles. The van der Waals surface area contributed by atoms with Gasteiger partial charge in [-0.25, -0.2) is 0 Å². The van der Waals surface area contributed by atoms with Gasteiger partial charge in [0, 0.05) is 24.0 Å². The normalized spacial score (nSPS) is 14.2. The summed E-state index contributed by atoms with van der Waals surface area (Å²) in [6.07, 6.45) is 2.47. The number of carbonyl (C=O) groups is 1. The summed E-state index contributed by atoms with van der Waals surface area (Å²) in [7, 11) is 0. The summed E-state index contributed by atoms with van der Waals surface area (Å²) in [4.78, 5) is 12.4. The molecule has 1 fully saturated rings. The molecule has 0 saturated heterocycles. The third-order valence-electron chi connectivity index (χ3n) is 4.34. The van der Waals surface area contributed by atoms with Gasteiger partial charge in [0.15, 0.2) is 0 Å². The fourth-order valence-corrected chi connectivity index (χ4v) is 2.98. The summed E-state index contributed by atoms with van der Waals surface area (Å²) >= 11 is 0. The van der Waals surface area contributed by atoms with Crippen LogP contribution in [0.5, 0.6) is 0 Å². The Morgan fingerprint density at radius 3 is 2.62 bits per heavy atom. The number of aromatic nitrogens is 1. The Kier molecular flexibility index (Phi) is 3.58. The fourth-order valence-electron chi connectivity index (χ4n) is 2.98. The number of carbonyl (C=O) groups excluding carboxylic acids is 1. The van der Waals surface area contributed by atoms with Crippen LogP contribution in [0.4, 0.5) is 0 Å². The zero-order chi connectivity index (χ0) is 15.0. The van der Waals surface area contributed by atoms with Crippen LogP contribution in [0.25, 0.3) is 0 Å². The predicted octanol–water partition coefficient (Wildman–Crippen LogP) is 3.68. The molecular formula is C18H22N2O. The molecule has 0 spiro atoms. The molecule has 0 bridgehead atoms. The average Bonchev–Trinajstić information content (AvgIpc) is 3.24. The highest BCUT2D eigenvalue weighted by Gasteiger charge is 2.28. The minimum Gasteiger partial charge on any atom is -0.348 e. The molecule has 1 N–H and O–H groups in total. The van der Waals surface area contributed by atoms with Crippen LogP contribution in [0.2, 0.25) is 0 Å². The molecule has 1 aromatic heterocycles. The highest BCUT2D eigenvalue weighted by Crippen LogP contribution is 2.38. The topological polar surface area (TPSA) is 34.0 Å². The minimum absolute atomic E-state index is 0.0262. The lowest BCUT2D eigenvalue weighted by atomic mass is 10.1. The Labute approximate surface area is 126 Å². The Morgan fingerprint density at radius 1 is 1.24 bits per heavy atom. The second-order valence-corrected chi connectivity index (χ2v) is 6.00. The van der Waals surface area contributed by atoms with Crippen LogP contribution in [0.1, 0.15) is 51.8 Å². The Balaban J connectivity index is 1.74. The first kappa shape index (κ1) is 13.9. The summed E-state index contributed by atoms with van der Waals surface area (Å²) in [5.74, 6) is 0.0262. The van der Waals surface area contributed by atoms with Crippen molar-refractivity contribution in [3.63, 3.8) is 0 Å². The third-order valence-corrected chi connectivity index (χ3v) is 4.34. The van der Waals surface area contributed by atoms with Gasteiger partial charge >= 0.3 is 0 Å². The highest BCUT2D eigenvalue weighted by molar-refractivity contribution is 5.95. The van der Waals surface area contributed by atoms with Gasteiger partial charge in [0.2, 0.25) is 0 Å². The van der Waals surface area contributed by atoms with E-state index in [1.165, 1.54) is 29.7 Å². The largest absolute Gasteiger partial charge is 0.348 e. The first-order valence-electron chi connectivity index (χ1n) is 7.59. The van der Waals surface area contributed by atoms with Crippen molar-refractivity contribution >= 4 is 5.91 Å². The van der Waals surface area contributed by atoms with Crippen LogP contribution in [-0.4, -0.2) is 10.5 Å². The zero-order valence-electron chi connectivity index (χ0n) is 12.9. The van der Waals surface area contributed by atoms with Crippen molar-refractivity contribution in [1.82, 2.24) is 9.88 Å². The molecule has 1 aliphatic rings. The van der Waals surface area contributed by atoms with Gasteiger partial charge in [-0.3, -0.25) is 4.79 Å². The zero-order valence-corrected chi connectivity index (χ0v) is 12.9. The molecule has 0 radical (unpaired) electrons. The van der Waals surface area contributed by atoms with Crippen molar-refractivity contribution < 1.29 is 4.79 Å². The lowest BCUT2D eigenvalue weighted by Gasteiger charge is -2.09. The summed E-state index contributed by atoms with van der Waals surface area (Å²) in [6, 6.07) is 10.8. The predicted molar refractivity (Wildman–Crippen MR) is 84.5 cm³/mol. The van der Waals surface area contributed by atoms with Crippen molar-refractivity contribution in [1.29, 1.82) is 0 Å². The fraction of sp³-hybridized carbons (Fsp3) is 0.389. The van der Waals surface area contributed by atoms with Crippen LogP contribution in [0.15, 0.2) is 30.3 Å². The Hall–Kier alpha value is -2.03. The maximum atomic E-state index is 12.4. The van der Waals surface area contributed by atoms with E-state index in [1.807, 2.05) is 25.1 Å². The Bertz CT molecular complexity index is 681. The van der Waals surface area contributed by atoms with Crippen molar-refractivity contribution in [2.24, 2.45) is 0 Å². The molecule has 1 saturated carbocycles. The molecule has 1 amide bonds. The van der Waals surface area contributed by atoms with Gasteiger partial charge < -0.3 is 9.88 Å². The highest BCUT2D eigenvalue weighted by atomic mass is 16.1. The molecule has 2 aromatic rings. The van der Waals surface area contributed by atoms with E-state index in [2.05, 4.69) is 35.9 Å². The quantitative estimate of drug-likeness (QED) is 0.912. The molecule has 1 heterocycles. The number of nitrogens with zero attached hydrogens (tertiary/aromatic N) is 1. The number of aryl methyl sites for hydroxylation is 2. The van der Waals surface area contributed by atoms with Gasteiger partial charge in [0.25, 0.3) is 5.91 Å². The second-order valence-electron chi connectivity index (χ2n) is 6.00. The van der Waals surface area contributed by atoms with Gasteiger partial charge in [-0.2, -0.15) is 0 Å². The summed E-state index contributed by atoms with van der Waals surface area (Å²) in [5, 5.41) is 3.04.